The minimum Gasteiger partial charge on any atom is -0.481 e. The molecule has 34 heavy (non-hydrogen) atoms. The SMILES string of the molecule is CO[C@@H]1O[C@@H](COC(=O)CC(C)(C)C(=O)O)C(OC2OC(CO)[C@@H](OC)[C@H](O)[C@@H]2O)C(O)C1O. The fraction of sp³-hybridized carbons (Fsp3) is 0.900. The van der Waals surface area contributed by atoms with Crippen molar-refractivity contribution in [1.82, 2.24) is 0 Å². The highest BCUT2D eigenvalue weighted by molar-refractivity contribution is 5.81. The molecule has 5 unspecified atom stereocenters. The standard InChI is InChI=1S/C20H34O14/c1-20(2,19(27)28)5-10(22)31-7-9-16(12(24)13(25)17(30-4)33-9)34-18-14(26)11(23)15(29-3)8(6-21)32-18/h8-9,11-18,21,23-26H,5-7H2,1-4H3,(H,27,28)/t8?,9-,11+,12?,13?,14-,15+,16?,17+,18?/m0/s1. The molecular weight excluding hydrogens is 464 g/mol. The first kappa shape index (κ1) is 28.8. The van der Waals surface area contributed by atoms with E-state index in [0.717, 1.165) is 0 Å². The Kier molecular flexibility index (Phi) is 10.1. The van der Waals surface area contributed by atoms with Crippen LogP contribution in [-0.4, -0.2) is 131 Å². The predicted molar refractivity (Wildman–Crippen MR) is 108 cm³/mol. The van der Waals surface area contributed by atoms with E-state index in [1.165, 1.54) is 28.1 Å². The van der Waals surface area contributed by atoms with Crippen LogP contribution in [0.4, 0.5) is 0 Å². The number of aliphatic hydroxyl groups excluding tert-OH is 5. The van der Waals surface area contributed by atoms with Crippen molar-refractivity contribution in [3.8, 4) is 0 Å². The van der Waals surface area contributed by atoms with Gasteiger partial charge in [0.2, 0.25) is 0 Å². The molecule has 14 heteroatoms. The zero-order chi connectivity index (χ0) is 25.8. The van der Waals surface area contributed by atoms with Gasteiger partial charge in [-0.2, -0.15) is 0 Å². The summed E-state index contributed by atoms with van der Waals surface area (Å²) in [5, 5.41) is 60.3. The highest BCUT2D eigenvalue weighted by Gasteiger charge is 2.51. The van der Waals surface area contributed by atoms with Gasteiger partial charge >= 0.3 is 11.9 Å². The van der Waals surface area contributed by atoms with Gasteiger partial charge in [-0.15, -0.1) is 0 Å². The summed E-state index contributed by atoms with van der Waals surface area (Å²) in [5.74, 6) is -2.07. The Bertz CT molecular complexity index is 684. The molecule has 0 amide bonds. The predicted octanol–water partition coefficient (Wildman–Crippen LogP) is -3.04. The van der Waals surface area contributed by atoms with Crippen molar-refractivity contribution in [2.75, 3.05) is 27.4 Å². The molecule has 0 radical (unpaired) electrons. The first-order valence-corrected chi connectivity index (χ1v) is 10.6. The second kappa shape index (κ2) is 12.0. The molecule has 2 rings (SSSR count). The lowest BCUT2D eigenvalue weighted by molar-refractivity contribution is -0.358. The molecule has 0 spiro atoms. The molecule has 198 valence electrons. The summed E-state index contributed by atoms with van der Waals surface area (Å²) in [5.41, 5.74) is -1.39. The highest BCUT2D eigenvalue weighted by atomic mass is 16.7. The van der Waals surface area contributed by atoms with Gasteiger partial charge in [0.15, 0.2) is 12.6 Å². The van der Waals surface area contributed by atoms with E-state index in [1.54, 1.807) is 0 Å². The minimum atomic E-state index is -1.67. The summed E-state index contributed by atoms with van der Waals surface area (Å²) in [6, 6.07) is 0. The highest BCUT2D eigenvalue weighted by Crippen LogP contribution is 2.30. The van der Waals surface area contributed by atoms with Gasteiger partial charge in [0.05, 0.1) is 18.4 Å². The zero-order valence-electron chi connectivity index (χ0n) is 19.3. The number of carboxylic acids is 1. The summed E-state index contributed by atoms with van der Waals surface area (Å²) in [6.07, 6.45) is -14.7. The average Bonchev–Trinajstić information content (AvgIpc) is 2.78. The van der Waals surface area contributed by atoms with Gasteiger partial charge in [0.25, 0.3) is 0 Å². The van der Waals surface area contributed by atoms with E-state index in [2.05, 4.69) is 0 Å². The van der Waals surface area contributed by atoms with Gasteiger partial charge in [-0.1, -0.05) is 0 Å². The number of carboxylic acid groups (broad SMARTS) is 1. The van der Waals surface area contributed by atoms with Gasteiger partial charge < -0.3 is 59.1 Å². The Labute approximate surface area is 195 Å². The Balaban J connectivity index is 2.16. The molecule has 0 aliphatic carbocycles. The van der Waals surface area contributed by atoms with E-state index < -0.39 is 98.4 Å². The Morgan fingerprint density at radius 3 is 1.94 bits per heavy atom. The lowest BCUT2D eigenvalue weighted by atomic mass is 9.90. The minimum absolute atomic E-state index is 0.452. The Hall–Kier alpha value is -1.46. The molecule has 2 saturated heterocycles. The Morgan fingerprint density at radius 2 is 1.41 bits per heavy atom. The van der Waals surface area contributed by atoms with Crippen LogP contribution < -0.4 is 0 Å². The van der Waals surface area contributed by atoms with Crippen molar-refractivity contribution in [3.05, 3.63) is 0 Å². The van der Waals surface area contributed by atoms with Crippen molar-refractivity contribution >= 4 is 11.9 Å². The van der Waals surface area contributed by atoms with Gasteiger partial charge in [-0.3, -0.25) is 9.59 Å². The van der Waals surface area contributed by atoms with E-state index in [4.69, 9.17) is 28.4 Å². The average molecular weight is 498 g/mol. The van der Waals surface area contributed by atoms with E-state index in [1.807, 2.05) is 0 Å². The van der Waals surface area contributed by atoms with Gasteiger partial charge in [0, 0.05) is 14.2 Å². The maximum Gasteiger partial charge on any atom is 0.309 e. The quantitative estimate of drug-likeness (QED) is 0.165. The molecule has 0 bridgehead atoms. The number of carbonyl (C=O) groups excluding carboxylic acids is 1. The summed E-state index contributed by atoms with van der Waals surface area (Å²) in [4.78, 5) is 23.4. The van der Waals surface area contributed by atoms with E-state index >= 15 is 0 Å². The third kappa shape index (κ3) is 6.40. The van der Waals surface area contributed by atoms with Crippen molar-refractivity contribution in [2.45, 2.75) is 81.7 Å². The lowest BCUT2D eigenvalue weighted by Gasteiger charge is -2.46. The summed E-state index contributed by atoms with van der Waals surface area (Å²) < 4.78 is 31.8. The summed E-state index contributed by atoms with van der Waals surface area (Å²) in [6.45, 7) is 1.58. The van der Waals surface area contributed by atoms with Gasteiger partial charge in [-0.25, -0.2) is 0 Å². The molecule has 10 atom stereocenters. The van der Waals surface area contributed by atoms with Gasteiger partial charge in [0.1, 0.15) is 55.4 Å². The number of ether oxygens (including phenoxy) is 6. The number of hydrogen-bond donors (Lipinski definition) is 6. The lowest BCUT2D eigenvalue weighted by Crippen LogP contribution is -2.65. The fourth-order valence-electron chi connectivity index (χ4n) is 3.68. The van der Waals surface area contributed by atoms with E-state index in [-0.39, 0.29) is 0 Å². The zero-order valence-corrected chi connectivity index (χ0v) is 19.3. The van der Waals surface area contributed by atoms with E-state index in [9.17, 15) is 40.2 Å². The summed E-state index contributed by atoms with van der Waals surface area (Å²) in [7, 11) is 2.46. The Morgan fingerprint density at radius 1 is 0.853 bits per heavy atom. The number of carbonyl (C=O) groups is 2. The molecular formula is C20H34O14. The van der Waals surface area contributed by atoms with Crippen LogP contribution in [0.25, 0.3) is 0 Å². The smallest absolute Gasteiger partial charge is 0.309 e. The number of aliphatic hydroxyl groups is 5. The first-order valence-electron chi connectivity index (χ1n) is 10.6. The maximum absolute atomic E-state index is 12.2. The van der Waals surface area contributed by atoms with Crippen LogP contribution in [0.3, 0.4) is 0 Å². The number of esters is 1. The van der Waals surface area contributed by atoms with Crippen LogP contribution in [0.5, 0.6) is 0 Å². The molecule has 0 aromatic heterocycles. The van der Waals surface area contributed by atoms with Crippen LogP contribution in [-0.2, 0) is 38.0 Å². The third-order valence-electron chi connectivity index (χ3n) is 5.83. The second-order valence-electron chi connectivity index (χ2n) is 8.82. The molecule has 2 aliphatic rings. The third-order valence-corrected chi connectivity index (χ3v) is 5.83. The number of rotatable bonds is 10. The molecule has 0 aromatic rings. The van der Waals surface area contributed by atoms with Crippen molar-refractivity contribution < 1.29 is 68.6 Å². The maximum atomic E-state index is 12.2. The largest absolute Gasteiger partial charge is 0.481 e. The number of hydrogen-bond acceptors (Lipinski definition) is 13. The van der Waals surface area contributed by atoms with Crippen LogP contribution >= 0.6 is 0 Å². The van der Waals surface area contributed by atoms with Gasteiger partial charge in [-0.05, 0) is 13.8 Å². The number of aliphatic carboxylic acids is 1. The second-order valence-corrected chi connectivity index (χ2v) is 8.82. The molecule has 2 aliphatic heterocycles. The molecule has 0 aromatic carbocycles. The first-order chi connectivity index (χ1) is 15.9. The molecule has 2 fully saturated rings. The molecule has 0 saturated carbocycles. The number of methoxy groups -OCH3 is 2. The van der Waals surface area contributed by atoms with Crippen LogP contribution in [0.2, 0.25) is 0 Å². The molecule has 14 nitrogen and oxygen atoms in total. The fourth-order valence-corrected chi connectivity index (χ4v) is 3.68. The van der Waals surface area contributed by atoms with Crippen molar-refractivity contribution in [1.29, 1.82) is 0 Å². The van der Waals surface area contributed by atoms with Crippen molar-refractivity contribution in [2.24, 2.45) is 5.41 Å². The topological polar surface area (TPSA) is 211 Å². The normalized spacial score (nSPS) is 39.0. The van der Waals surface area contributed by atoms with Crippen LogP contribution in [0.1, 0.15) is 20.3 Å². The molecule has 6 N–H and O–H groups in total. The van der Waals surface area contributed by atoms with Crippen LogP contribution in [0.15, 0.2) is 0 Å². The van der Waals surface area contributed by atoms with Crippen molar-refractivity contribution in [3.63, 3.8) is 0 Å². The monoisotopic (exact) mass is 498 g/mol. The molecule has 2 heterocycles. The van der Waals surface area contributed by atoms with E-state index in [0.29, 0.717) is 0 Å². The van der Waals surface area contributed by atoms with Crippen LogP contribution in [0, 0.1) is 5.41 Å². The summed E-state index contributed by atoms with van der Waals surface area (Å²) >= 11 is 0.